The maximum atomic E-state index is 13.3. The van der Waals surface area contributed by atoms with Crippen LogP contribution in [0.1, 0.15) is 39.0 Å². The molecule has 1 aliphatic carbocycles. The first kappa shape index (κ1) is 11.3. The Morgan fingerprint density at radius 2 is 1.93 bits per heavy atom. The molecule has 0 aromatic heterocycles. The van der Waals surface area contributed by atoms with E-state index >= 15 is 0 Å². The van der Waals surface area contributed by atoms with Crippen molar-refractivity contribution in [3.63, 3.8) is 0 Å². The Labute approximate surface area is 90.8 Å². The topological polar surface area (TPSA) is 3.24 Å². The smallest absolute Gasteiger partial charge is 0.260 e. The predicted octanol–water partition coefficient (Wildman–Crippen LogP) is 3.15. The first-order valence-corrected chi connectivity index (χ1v) is 6.15. The zero-order chi connectivity index (χ0) is 10.9. The molecule has 1 unspecified atom stereocenters. The van der Waals surface area contributed by atoms with E-state index in [1.807, 2.05) is 11.8 Å². The van der Waals surface area contributed by atoms with E-state index in [4.69, 9.17) is 0 Å². The highest BCUT2D eigenvalue weighted by Crippen LogP contribution is 2.32. The quantitative estimate of drug-likeness (QED) is 0.686. The minimum Gasteiger partial charge on any atom is -0.297 e. The normalized spacial score (nSPS) is 33.4. The predicted molar refractivity (Wildman–Crippen MR) is 57.1 cm³/mol. The second kappa shape index (κ2) is 4.36. The maximum absolute atomic E-state index is 13.3. The third kappa shape index (κ3) is 3.13. The molecule has 2 aliphatic rings. The van der Waals surface area contributed by atoms with E-state index in [1.54, 1.807) is 0 Å². The molecule has 1 saturated carbocycles. The fraction of sp³-hybridized carbons (Fsp3) is 1.00. The molecule has 0 radical (unpaired) electrons. The average Bonchev–Trinajstić information content (AvgIpc) is 2.52. The van der Waals surface area contributed by atoms with Gasteiger partial charge in [0.1, 0.15) is 0 Å². The van der Waals surface area contributed by atoms with E-state index in [9.17, 15) is 8.78 Å². The fourth-order valence-corrected chi connectivity index (χ4v) is 3.17. The van der Waals surface area contributed by atoms with Crippen LogP contribution in [0.5, 0.6) is 0 Å². The molecule has 1 atom stereocenters. The first-order chi connectivity index (χ1) is 7.05. The van der Waals surface area contributed by atoms with Crippen LogP contribution in [0.4, 0.5) is 8.78 Å². The molecule has 1 saturated heterocycles. The number of halogens is 2. The van der Waals surface area contributed by atoms with Crippen molar-refractivity contribution < 1.29 is 8.78 Å². The van der Waals surface area contributed by atoms with Crippen LogP contribution in [0, 0.1) is 11.8 Å². The van der Waals surface area contributed by atoms with Gasteiger partial charge in [0.2, 0.25) is 0 Å². The van der Waals surface area contributed by atoms with Crippen molar-refractivity contribution >= 4 is 0 Å². The van der Waals surface area contributed by atoms with Gasteiger partial charge in [0, 0.05) is 19.5 Å². The molecule has 15 heavy (non-hydrogen) atoms. The Hall–Kier alpha value is -0.180. The summed E-state index contributed by atoms with van der Waals surface area (Å²) in [5, 5.41) is 0. The van der Waals surface area contributed by atoms with E-state index in [2.05, 4.69) is 0 Å². The molecule has 88 valence electrons. The van der Waals surface area contributed by atoms with Crippen LogP contribution < -0.4 is 0 Å². The third-order valence-electron chi connectivity index (χ3n) is 3.66. The van der Waals surface area contributed by atoms with Crippen molar-refractivity contribution in [3.05, 3.63) is 0 Å². The Morgan fingerprint density at radius 1 is 1.27 bits per heavy atom. The van der Waals surface area contributed by atoms with Gasteiger partial charge >= 0.3 is 0 Å². The van der Waals surface area contributed by atoms with Crippen LogP contribution in [0.15, 0.2) is 0 Å². The van der Waals surface area contributed by atoms with Crippen LogP contribution in [-0.2, 0) is 0 Å². The summed E-state index contributed by atoms with van der Waals surface area (Å²) in [5.74, 6) is -1.61. The van der Waals surface area contributed by atoms with Crippen LogP contribution in [0.3, 0.4) is 0 Å². The van der Waals surface area contributed by atoms with Crippen molar-refractivity contribution in [3.8, 4) is 0 Å². The van der Waals surface area contributed by atoms with Crippen molar-refractivity contribution in [2.24, 2.45) is 11.8 Å². The molecule has 2 rings (SSSR count). The van der Waals surface area contributed by atoms with Gasteiger partial charge in [-0.05, 0) is 24.7 Å². The fourth-order valence-electron chi connectivity index (χ4n) is 3.17. The second-order valence-corrected chi connectivity index (χ2v) is 5.51. The van der Waals surface area contributed by atoms with Crippen molar-refractivity contribution in [2.75, 3.05) is 19.6 Å². The summed E-state index contributed by atoms with van der Waals surface area (Å²) in [4.78, 5) is 1.99. The summed E-state index contributed by atoms with van der Waals surface area (Å²) in [6.45, 7) is 3.70. The molecular weight excluding hydrogens is 196 g/mol. The Balaban J connectivity index is 1.85. The minimum atomic E-state index is -2.45. The van der Waals surface area contributed by atoms with Crippen LogP contribution in [-0.4, -0.2) is 30.5 Å². The van der Waals surface area contributed by atoms with Crippen LogP contribution >= 0.6 is 0 Å². The lowest BCUT2D eigenvalue weighted by Gasteiger charge is -2.37. The highest BCUT2D eigenvalue weighted by molar-refractivity contribution is 4.84. The van der Waals surface area contributed by atoms with E-state index in [1.165, 1.54) is 25.7 Å². The van der Waals surface area contributed by atoms with Crippen molar-refractivity contribution in [1.29, 1.82) is 0 Å². The SMILES string of the molecule is CC1CN(CC2CCCC2)CC(F)(F)C1. The molecular formula is C12H21F2N. The van der Waals surface area contributed by atoms with Gasteiger partial charge in [0.05, 0.1) is 6.54 Å². The van der Waals surface area contributed by atoms with Gasteiger partial charge in [0.25, 0.3) is 5.92 Å². The molecule has 2 fully saturated rings. The van der Waals surface area contributed by atoms with Gasteiger partial charge in [-0.3, -0.25) is 4.90 Å². The zero-order valence-electron chi connectivity index (χ0n) is 9.51. The lowest BCUT2D eigenvalue weighted by Crippen LogP contribution is -2.47. The third-order valence-corrected chi connectivity index (χ3v) is 3.66. The van der Waals surface area contributed by atoms with Gasteiger partial charge in [-0.1, -0.05) is 19.8 Å². The van der Waals surface area contributed by atoms with Crippen LogP contribution in [0.2, 0.25) is 0 Å². The highest BCUT2D eigenvalue weighted by Gasteiger charge is 2.39. The monoisotopic (exact) mass is 217 g/mol. The number of nitrogens with zero attached hydrogens (tertiary/aromatic N) is 1. The highest BCUT2D eigenvalue weighted by atomic mass is 19.3. The lowest BCUT2D eigenvalue weighted by molar-refractivity contribution is -0.0842. The molecule has 0 amide bonds. The van der Waals surface area contributed by atoms with Gasteiger partial charge < -0.3 is 0 Å². The molecule has 0 bridgehead atoms. The first-order valence-electron chi connectivity index (χ1n) is 6.15. The average molecular weight is 217 g/mol. The Kier molecular flexibility index (Phi) is 3.29. The number of alkyl halides is 2. The molecule has 1 heterocycles. The number of rotatable bonds is 2. The Bertz CT molecular complexity index is 212. The number of hydrogen-bond donors (Lipinski definition) is 0. The van der Waals surface area contributed by atoms with E-state index in [0.29, 0.717) is 5.92 Å². The molecule has 3 heteroatoms. The van der Waals surface area contributed by atoms with E-state index in [-0.39, 0.29) is 18.9 Å². The molecule has 0 aromatic rings. The summed E-state index contributed by atoms with van der Waals surface area (Å²) in [7, 11) is 0. The largest absolute Gasteiger partial charge is 0.297 e. The second-order valence-electron chi connectivity index (χ2n) is 5.51. The lowest BCUT2D eigenvalue weighted by atomic mass is 9.95. The maximum Gasteiger partial charge on any atom is 0.260 e. The summed E-state index contributed by atoms with van der Waals surface area (Å²) >= 11 is 0. The number of piperidine rings is 1. The summed E-state index contributed by atoms with van der Waals surface area (Å²) < 4.78 is 26.7. The van der Waals surface area contributed by atoms with Crippen molar-refractivity contribution in [2.45, 2.75) is 45.0 Å². The Morgan fingerprint density at radius 3 is 2.53 bits per heavy atom. The van der Waals surface area contributed by atoms with Gasteiger partial charge in [-0.25, -0.2) is 8.78 Å². The summed E-state index contributed by atoms with van der Waals surface area (Å²) in [5.41, 5.74) is 0. The molecule has 1 nitrogen and oxygen atoms in total. The van der Waals surface area contributed by atoms with Crippen molar-refractivity contribution in [1.82, 2.24) is 4.90 Å². The number of likely N-dealkylation sites (tertiary alicyclic amines) is 1. The minimum absolute atomic E-state index is 0.00611. The van der Waals surface area contributed by atoms with Gasteiger partial charge in [0.15, 0.2) is 0 Å². The molecule has 0 spiro atoms. The van der Waals surface area contributed by atoms with E-state index in [0.717, 1.165) is 13.1 Å². The standard InChI is InChI=1S/C12H21F2N/c1-10-6-12(13,14)9-15(7-10)8-11-4-2-3-5-11/h10-11H,2-9H2,1H3. The molecule has 0 aromatic carbocycles. The van der Waals surface area contributed by atoms with Gasteiger partial charge in [-0.15, -0.1) is 0 Å². The number of hydrogen-bond acceptors (Lipinski definition) is 1. The molecule has 0 N–H and O–H groups in total. The zero-order valence-corrected chi connectivity index (χ0v) is 9.51. The summed E-state index contributed by atoms with van der Waals surface area (Å²) in [6.07, 6.45) is 5.16. The molecule has 1 aliphatic heterocycles. The van der Waals surface area contributed by atoms with Gasteiger partial charge in [-0.2, -0.15) is 0 Å². The summed E-state index contributed by atoms with van der Waals surface area (Å²) in [6, 6.07) is 0. The van der Waals surface area contributed by atoms with Crippen LogP contribution in [0.25, 0.3) is 0 Å². The van der Waals surface area contributed by atoms with E-state index < -0.39 is 5.92 Å².